The maximum Gasteiger partial charge on any atom is 0.280 e. The second kappa shape index (κ2) is 5.24. The highest BCUT2D eigenvalue weighted by Crippen LogP contribution is 2.26. The largest absolute Gasteiger partial charge is 0.280 e. The fourth-order valence-corrected chi connectivity index (χ4v) is 1.74. The lowest BCUT2D eigenvalue weighted by Gasteiger charge is -2.08. The topological polar surface area (TPSA) is 36.7 Å². The first-order valence-corrected chi connectivity index (χ1v) is 4.90. The third-order valence-corrected chi connectivity index (χ3v) is 2.38. The molecule has 0 spiro atoms. The number of nitriles is 1. The van der Waals surface area contributed by atoms with Crippen molar-refractivity contribution in [2.24, 2.45) is 0 Å². The van der Waals surface area contributed by atoms with Gasteiger partial charge in [-0.05, 0) is 6.07 Å². The smallest absolute Gasteiger partial charge is 0.250 e. The van der Waals surface area contributed by atoms with Crippen LogP contribution in [0.1, 0.15) is 23.4 Å². The average molecular weight is 251 g/mol. The first-order chi connectivity index (χ1) is 7.10. The van der Waals surface area contributed by atoms with Crippen LogP contribution in [-0.2, 0) is 12.3 Å². The Hall–Kier alpha value is -0.920. The third-order valence-electron chi connectivity index (χ3n) is 1.78. The molecule has 15 heavy (non-hydrogen) atoms. The van der Waals surface area contributed by atoms with Crippen LogP contribution in [0.5, 0.6) is 0 Å². The quantitative estimate of drug-likeness (QED) is 0.771. The molecule has 0 aliphatic rings. The molecule has 0 saturated carbocycles. The summed E-state index contributed by atoms with van der Waals surface area (Å²) in [7, 11) is 0. The van der Waals surface area contributed by atoms with Gasteiger partial charge in [-0.1, -0.05) is 11.6 Å². The van der Waals surface area contributed by atoms with E-state index in [1.807, 2.05) is 6.07 Å². The van der Waals surface area contributed by atoms with Crippen molar-refractivity contribution in [1.82, 2.24) is 4.98 Å². The molecule has 0 radical (unpaired) electrons. The molecular weight excluding hydrogens is 245 g/mol. The van der Waals surface area contributed by atoms with Crippen molar-refractivity contribution < 1.29 is 8.78 Å². The second-order valence-electron chi connectivity index (χ2n) is 2.72. The van der Waals surface area contributed by atoms with Crippen LogP contribution in [0.4, 0.5) is 8.78 Å². The highest BCUT2D eigenvalue weighted by atomic mass is 35.5. The van der Waals surface area contributed by atoms with Crippen molar-refractivity contribution in [2.45, 2.75) is 18.7 Å². The summed E-state index contributed by atoms with van der Waals surface area (Å²) in [6, 6.07) is 2.90. The Morgan fingerprint density at radius 1 is 1.53 bits per heavy atom. The van der Waals surface area contributed by atoms with Gasteiger partial charge in [-0.15, -0.1) is 11.6 Å². The van der Waals surface area contributed by atoms with E-state index in [0.29, 0.717) is 5.56 Å². The molecule has 0 unspecified atom stereocenters. The molecule has 6 heteroatoms. The van der Waals surface area contributed by atoms with Crippen LogP contribution in [0.15, 0.2) is 6.07 Å². The minimum Gasteiger partial charge on any atom is -0.250 e. The molecule has 0 bridgehead atoms. The van der Waals surface area contributed by atoms with E-state index in [1.54, 1.807) is 0 Å². The van der Waals surface area contributed by atoms with Gasteiger partial charge in [0.2, 0.25) is 0 Å². The monoisotopic (exact) mass is 250 g/mol. The van der Waals surface area contributed by atoms with Crippen LogP contribution >= 0.6 is 23.2 Å². The number of hydrogen-bond acceptors (Lipinski definition) is 2. The van der Waals surface area contributed by atoms with E-state index in [0.717, 1.165) is 6.07 Å². The molecule has 0 aromatic carbocycles. The molecule has 80 valence electrons. The molecule has 0 atom stereocenters. The minimum atomic E-state index is -2.70. The van der Waals surface area contributed by atoms with Gasteiger partial charge >= 0.3 is 0 Å². The van der Waals surface area contributed by atoms with Crippen LogP contribution < -0.4 is 0 Å². The zero-order valence-corrected chi connectivity index (χ0v) is 8.99. The van der Waals surface area contributed by atoms with E-state index in [1.165, 1.54) is 0 Å². The first-order valence-electron chi connectivity index (χ1n) is 3.99. The molecular formula is C9H6Cl2F2N2. The summed E-state index contributed by atoms with van der Waals surface area (Å²) in [5, 5.41) is 8.62. The Labute approximate surface area is 95.4 Å². The predicted octanol–water partition coefficient (Wildman–Crippen LogP) is 3.48. The van der Waals surface area contributed by atoms with Gasteiger partial charge in [-0.3, -0.25) is 4.98 Å². The molecule has 0 fully saturated rings. The van der Waals surface area contributed by atoms with Gasteiger partial charge in [0.1, 0.15) is 5.69 Å². The lowest BCUT2D eigenvalue weighted by molar-refractivity contribution is 0.146. The number of aromatic nitrogens is 1. The maximum atomic E-state index is 12.4. The Morgan fingerprint density at radius 3 is 2.67 bits per heavy atom. The number of pyridine rings is 1. The van der Waals surface area contributed by atoms with E-state index in [4.69, 9.17) is 28.5 Å². The summed E-state index contributed by atoms with van der Waals surface area (Å²) < 4.78 is 24.7. The predicted molar refractivity (Wildman–Crippen MR) is 53.1 cm³/mol. The normalized spacial score (nSPS) is 10.4. The Bertz CT molecular complexity index is 402. The Kier molecular flexibility index (Phi) is 4.25. The molecule has 0 N–H and O–H groups in total. The zero-order chi connectivity index (χ0) is 11.4. The van der Waals surface area contributed by atoms with Crippen molar-refractivity contribution in [2.75, 3.05) is 0 Å². The molecule has 2 nitrogen and oxygen atoms in total. The van der Waals surface area contributed by atoms with E-state index in [9.17, 15) is 8.78 Å². The number of nitrogens with zero attached hydrogens (tertiary/aromatic N) is 2. The van der Waals surface area contributed by atoms with E-state index >= 15 is 0 Å². The van der Waals surface area contributed by atoms with Gasteiger partial charge in [-0.2, -0.15) is 5.26 Å². The summed E-state index contributed by atoms with van der Waals surface area (Å²) in [6.45, 7) is 0. The molecule has 0 saturated heterocycles. The molecule has 1 aromatic rings. The molecule has 1 heterocycles. The van der Waals surface area contributed by atoms with Crippen molar-refractivity contribution in [3.63, 3.8) is 0 Å². The van der Waals surface area contributed by atoms with E-state index < -0.39 is 12.1 Å². The summed E-state index contributed by atoms with van der Waals surface area (Å²) in [6.07, 6.45) is -2.79. The number of rotatable bonds is 3. The van der Waals surface area contributed by atoms with Gasteiger partial charge in [0.25, 0.3) is 6.43 Å². The average Bonchev–Trinajstić information content (AvgIpc) is 2.17. The lowest BCUT2D eigenvalue weighted by Crippen LogP contribution is -2.01. The molecule has 0 aliphatic carbocycles. The third kappa shape index (κ3) is 2.77. The van der Waals surface area contributed by atoms with Gasteiger partial charge < -0.3 is 0 Å². The zero-order valence-electron chi connectivity index (χ0n) is 7.48. The van der Waals surface area contributed by atoms with Gasteiger partial charge in [0.15, 0.2) is 0 Å². The molecule has 0 aliphatic heterocycles. The van der Waals surface area contributed by atoms with Crippen molar-refractivity contribution in [3.8, 4) is 6.07 Å². The maximum absolute atomic E-state index is 12.4. The highest BCUT2D eigenvalue weighted by Gasteiger charge is 2.15. The first kappa shape index (κ1) is 12.2. The van der Waals surface area contributed by atoms with E-state index in [2.05, 4.69) is 4.98 Å². The van der Waals surface area contributed by atoms with Crippen LogP contribution in [-0.4, -0.2) is 4.98 Å². The summed E-state index contributed by atoms with van der Waals surface area (Å²) >= 11 is 11.3. The van der Waals surface area contributed by atoms with Crippen molar-refractivity contribution in [1.29, 1.82) is 5.26 Å². The molecule has 1 aromatic heterocycles. The fraction of sp³-hybridized carbons (Fsp3) is 0.333. The Morgan fingerprint density at radius 2 is 2.20 bits per heavy atom. The number of halogens is 4. The van der Waals surface area contributed by atoms with Crippen LogP contribution in [0.3, 0.4) is 0 Å². The van der Waals surface area contributed by atoms with Crippen LogP contribution in [0.25, 0.3) is 0 Å². The summed E-state index contributed by atoms with van der Waals surface area (Å²) in [5.41, 5.74) is 0.221. The van der Waals surface area contributed by atoms with Crippen LogP contribution in [0, 0.1) is 11.3 Å². The highest BCUT2D eigenvalue weighted by molar-refractivity contribution is 6.32. The van der Waals surface area contributed by atoms with Crippen LogP contribution in [0.2, 0.25) is 5.02 Å². The molecule has 1 rings (SSSR count). The minimum absolute atomic E-state index is 0.0480. The van der Waals surface area contributed by atoms with Crippen molar-refractivity contribution >= 4 is 23.2 Å². The van der Waals surface area contributed by atoms with Gasteiger partial charge in [-0.25, -0.2) is 8.78 Å². The van der Waals surface area contributed by atoms with Gasteiger partial charge in [0, 0.05) is 10.6 Å². The second-order valence-corrected chi connectivity index (χ2v) is 3.40. The number of hydrogen-bond donors (Lipinski definition) is 0. The SMILES string of the molecule is N#CCc1nc(C(F)F)cc(Cl)c1CCl. The lowest BCUT2D eigenvalue weighted by atomic mass is 10.1. The molecule has 0 amide bonds. The fourth-order valence-electron chi connectivity index (χ4n) is 1.08. The number of alkyl halides is 3. The van der Waals surface area contributed by atoms with Crippen molar-refractivity contribution in [3.05, 3.63) is 28.0 Å². The Balaban J connectivity index is 3.26. The standard InChI is InChI=1S/C9H6Cl2F2N2/c10-4-5-6(11)3-8(9(12)13)15-7(5)1-2-14/h3,9H,1,4H2. The summed E-state index contributed by atoms with van der Waals surface area (Å²) in [5.74, 6) is 0.0480. The summed E-state index contributed by atoms with van der Waals surface area (Å²) in [4.78, 5) is 3.65. The van der Waals surface area contributed by atoms with Gasteiger partial charge in [0.05, 0.1) is 24.1 Å². The van der Waals surface area contributed by atoms with E-state index in [-0.39, 0.29) is 23.0 Å².